The molecule has 1 aliphatic carbocycles. The highest BCUT2D eigenvalue weighted by Gasteiger charge is 2.35. The summed E-state index contributed by atoms with van der Waals surface area (Å²) >= 11 is 0. The fraction of sp³-hybridized carbons (Fsp3) is 0.625. The summed E-state index contributed by atoms with van der Waals surface area (Å²) < 4.78 is 36.8. The van der Waals surface area contributed by atoms with Gasteiger partial charge in [0.05, 0.1) is 17.5 Å². The molecule has 1 amide bonds. The summed E-state index contributed by atoms with van der Waals surface area (Å²) in [5, 5.41) is 5.86. The minimum absolute atomic E-state index is 0.0681. The van der Waals surface area contributed by atoms with Crippen molar-refractivity contribution in [1.82, 2.24) is 15.6 Å². The van der Waals surface area contributed by atoms with Gasteiger partial charge >= 0.3 is 0 Å². The first-order chi connectivity index (χ1) is 16.3. The van der Waals surface area contributed by atoms with Crippen LogP contribution in [0.4, 0.5) is 0 Å². The molecule has 9 nitrogen and oxygen atoms in total. The van der Waals surface area contributed by atoms with Crippen molar-refractivity contribution in [3.8, 4) is 0 Å². The molecular formula is C24H33N3O6S. The number of hydrogen-bond donors (Lipinski definition) is 2. The summed E-state index contributed by atoms with van der Waals surface area (Å²) in [7, 11) is -3.45. The molecule has 4 rings (SSSR count). The summed E-state index contributed by atoms with van der Waals surface area (Å²) in [6, 6.07) is 5.18. The average molecular weight is 492 g/mol. The van der Waals surface area contributed by atoms with Gasteiger partial charge in [0.1, 0.15) is 17.8 Å². The molecule has 1 saturated carbocycles. The number of Topliss-reactive ketones (excluding diaryl/α,β-unsaturated/α-hetero) is 1. The monoisotopic (exact) mass is 491 g/mol. The van der Waals surface area contributed by atoms with Gasteiger partial charge in [0.15, 0.2) is 15.4 Å². The SMILES string of the molecule is CCCC(NC(=O)[C@@H](CS(=O)(=O)CC1CC1)N[C@H]1CCCCO1)C(=O)c1nc2ccccc2o1. The van der Waals surface area contributed by atoms with E-state index in [1.807, 2.05) is 6.92 Å². The number of oxazole rings is 1. The zero-order chi connectivity index (χ0) is 24.1. The molecule has 10 heteroatoms. The minimum atomic E-state index is -3.45. The number of hydrogen-bond acceptors (Lipinski definition) is 8. The lowest BCUT2D eigenvalue weighted by Crippen LogP contribution is -2.56. The molecule has 2 aliphatic rings. The zero-order valence-electron chi connectivity index (χ0n) is 19.5. The van der Waals surface area contributed by atoms with Crippen LogP contribution in [0.5, 0.6) is 0 Å². The lowest BCUT2D eigenvalue weighted by atomic mass is 10.1. The third kappa shape index (κ3) is 6.64. The lowest BCUT2D eigenvalue weighted by molar-refractivity contribution is -0.125. The number of sulfone groups is 1. The van der Waals surface area contributed by atoms with Crippen molar-refractivity contribution >= 4 is 32.6 Å². The molecule has 1 aromatic heterocycles. The number of carbonyl (C=O) groups is 2. The van der Waals surface area contributed by atoms with E-state index in [1.54, 1.807) is 24.3 Å². The van der Waals surface area contributed by atoms with E-state index >= 15 is 0 Å². The quantitative estimate of drug-likeness (QED) is 0.434. The van der Waals surface area contributed by atoms with Crippen molar-refractivity contribution in [2.75, 3.05) is 18.1 Å². The van der Waals surface area contributed by atoms with E-state index in [9.17, 15) is 18.0 Å². The number of fused-ring (bicyclic) bond motifs is 1. The molecular weight excluding hydrogens is 458 g/mol. The third-order valence-corrected chi connectivity index (χ3v) is 8.03. The smallest absolute Gasteiger partial charge is 0.266 e. The Balaban J connectivity index is 1.49. The van der Waals surface area contributed by atoms with Gasteiger partial charge in [-0.2, -0.15) is 0 Å². The Morgan fingerprint density at radius 2 is 1.94 bits per heavy atom. The summed E-state index contributed by atoms with van der Waals surface area (Å²) in [6.07, 6.45) is 5.03. The van der Waals surface area contributed by atoms with Crippen LogP contribution in [-0.4, -0.2) is 61.5 Å². The molecule has 34 heavy (non-hydrogen) atoms. The van der Waals surface area contributed by atoms with Gasteiger partial charge in [-0.3, -0.25) is 14.9 Å². The Kier molecular flexibility index (Phi) is 8.00. The average Bonchev–Trinajstić information content (AvgIpc) is 3.51. The maximum absolute atomic E-state index is 13.3. The van der Waals surface area contributed by atoms with E-state index in [4.69, 9.17) is 9.15 Å². The number of nitrogens with one attached hydrogen (secondary N) is 2. The Hall–Kier alpha value is -2.30. The van der Waals surface area contributed by atoms with E-state index in [2.05, 4.69) is 15.6 Å². The molecule has 1 aromatic carbocycles. The third-order valence-electron chi connectivity index (χ3n) is 6.21. The standard InChI is InChI=1S/C24H33N3O6S/c1-2-7-18(22(28)24-27-17-8-3-4-9-20(17)33-24)26-23(29)19(25-21-10-5-6-13-32-21)15-34(30,31)14-16-11-12-16/h3-4,8-9,16,18-19,21,25H,2,5-7,10-15H2,1H3,(H,26,29)/t18?,19-,21-/m1/s1. The van der Waals surface area contributed by atoms with Crippen LogP contribution < -0.4 is 10.6 Å². The Morgan fingerprint density at radius 3 is 2.62 bits per heavy atom. The molecule has 1 aliphatic heterocycles. The number of aromatic nitrogens is 1. The van der Waals surface area contributed by atoms with Crippen molar-refractivity contribution in [3.63, 3.8) is 0 Å². The number of ether oxygens (including phenoxy) is 1. The van der Waals surface area contributed by atoms with Crippen LogP contribution in [0.3, 0.4) is 0 Å². The van der Waals surface area contributed by atoms with Gasteiger partial charge in [-0.05, 0) is 56.6 Å². The second kappa shape index (κ2) is 11.0. The summed E-state index contributed by atoms with van der Waals surface area (Å²) in [5.41, 5.74) is 1.06. The molecule has 1 unspecified atom stereocenters. The lowest BCUT2D eigenvalue weighted by Gasteiger charge is -2.29. The molecule has 1 saturated heterocycles. The highest BCUT2D eigenvalue weighted by Crippen LogP contribution is 2.30. The first-order valence-electron chi connectivity index (χ1n) is 12.1. The number of amides is 1. The fourth-order valence-corrected chi connectivity index (χ4v) is 6.16. The van der Waals surface area contributed by atoms with Crippen molar-refractivity contribution < 1.29 is 27.2 Å². The van der Waals surface area contributed by atoms with Crippen LogP contribution in [0.1, 0.15) is 62.6 Å². The molecule has 2 aromatic rings. The maximum Gasteiger partial charge on any atom is 0.266 e. The molecule has 186 valence electrons. The van der Waals surface area contributed by atoms with Gasteiger partial charge < -0.3 is 14.5 Å². The first kappa shape index (κ1) is 24.8. The number of rotatable bonds is 12. The first-order valence-corrected chi connectivity index (χ1v) is 13.9. The molecule has 2 heterocycles. The van der Waals surface area contributed by atoms with Gasteiger partial charge in [0, 0.05) is 6.61 Å². The summed E-state index contributed by atoms with van der Waals surface area (Å²) in [4.78, 5) is 30.7. The van der Waals surface area contributed by atoms with E-state index in [0.29, 0.717) is 37.0 Å². The Labute approximate surface area is 199 Å². The molecule has 2 fully saturated rings. The van der Waals surface area contributed by atoms with Crippen molar-refractivity contribution in [2.45, 2.75) is 70.2 Å². The van der Waals surface area contributed by atoms with Gasteiger partial charge in [0.25, 0.3) is 5.89 Å². The number of benzene rings is 1. The van der Waals surface area contributed by atoms with Crippen molar-refractivity contribution in [1.29, 1.82) is 0 Å². The number of nitrogens with zero attached hydrogens (tertiary/aromatic N) is 1. The summed E-state index contributed by atoms with van der Waals surface area (Å²) in [5.74, 6) is -1.08. The molecule has 2 N–H and O–H groups in total. The second-order valence-corrected chi connectivity index (χ2v) is 11.4. The van der Waals surface area contributed by atoms with Crippen LogP contribution in [0.2, 0.25) is 0 Å². The Bertz CT molecular complexity index is 1070. The summed E-state index contributed by atoms with van der Waals surface area (Å²) in [6.45, 7) is 2.47. The van der Waals surface area contributed by atoms with Gasteiger partial charge in [-0.15, -0.1) is 0 Å². The number of ketones is 1. The van der Waals surface area contributed by atoms with Gasteiger partial charge in [-0.25, -0.2) is 13.4 Å². The van der Waals surface area contributed by atoms with Crippen LogP contribution in [0, 0.1) is 5.92 Å². The minimum Gasteiger partial charge on any atom is -0.434 e. The predicted molar refractivity (Wildman–Crippen MR) is 127 cm³/mol. The zero-order valence-corrected chi connectivity index (χ0v) is 20.3. The Morgan fingerprint density at radius 1 is 1.15 bits per heavy atom. The largest absolute Gasteiger partial charge is 0.434 e. The van der Waals surface area contributed by atoms with Crippen LogP contribution in [0.15, 0.2) is 28.7 Å². The van der Waals surface area contributed by atoms with Crippen molar-refractivity contribution in [3.05, 3.63) is 30.2 Å². The van der Waals surface area contributed by atoms with Crippen LogP contribution in [-0.2, 0) is 19.4 Å². The molecule has 0 bridgehead atoms. The van der Waals surface area contributed by atoms with E-state index < -0.39 is 39.8 Å². The highest BCUT2D eigenvalue weighted by molar-refractivity contribution is 7.91. The normalized spacial score (nSPS) is 20.7. The fourth-order valence-electron chi connectivity index (χ4n) is 4.22. The molecule has 0 radical (unpaired) electrons. The number of carbonyl (C=O) groups excluding carboxylic acids is 2. The van der Waals surface area contributed by atoms with Crippen LogP contribution in [0.25, 0.3) is 11.1 Å². The predicted octanol–water partition coefficient (Wildman–Crippen LogP) is 2.61. The van der Waals surface area contributed by atoms with Crippen LogP contribution >= 0.6 is 0 Å². The molecule has 3 atom stereocenters. The van der Waals surface area contributed by atoms with Gasteiger partial charge in [0.2, 0.25) is 11.7 Å². The van der Waals surface area contributed by atoms with Gasteiger partial charge in [-0.1, -0.05) is 25.5 Å². The second-order valence-electron chi connectivity index (χ2n) is 9.30. The topological polar surface area (TPSA) is 128 Å². The highest BCUT2D eigenvalue weighted by atomic mass is 32.2. The van der Waals surface area contributed by atoms with E-state index in [0.717, 1.165) is 25.7 Å². The van der Waals surface area contributed by atoms with E-state index in [-0.39, 0.29) is 23.3 Å². The van der Waals surface area contributed by atoms with E-state index in [1.165, 1.54) is 0 Å². The number of para-hydroxylation sites is 2. The van der Waals surface area contributed by atoms with Crippen molar-refractivity contribution in [2.24, 2.45) is 5.92 Å². The molecule has 0 spiro atoms. The maximum atomic E-state index is 13.3.